The lowest BCUT2D eigenvalue weighted by molar-refractivity contribution is 0.0389. The quantitative estimate of drug-likeness (QED) is 0.463. The number of rotatable bonds is 5. The Labute approximate surface area is 212 Å². The predicted octanol–water partition coefficient (Wildman–Crippen LogP) is 2.95. The second-order valence-corrected chi connectivity index (χ2v) is 9.20. The average molecular weight is 496 g/mol. The first-order valence-corrected chi connectivity index (χ1v) is 12.7. The van der Waals surface area contributed by atoms with Gasteiger partial charge in [0.1, 0.15) is 0 Å². The minimum absolute atomic E-state index is 0.268. The van der Waals surface area contributed by atoms with E-state index in [-0.39, 0.29) is 6.03 Å². The van der Waals surface area contributed by atoms with Crippen molar-refractivity contribution < 1.29 is 14.3 Å². The number of amidine groups is 1. The summed E-state index contributed by atoms with van der Waals surface area (Å²) < 4.78 is 11.1. The molecule has 2 amide bonds. The van der Waals surface area contributed by atoms with Crippen LogP contribution in [0.25, 0.3) is 0 Å². The van der Waals surface area contributed by atoms with Crippen LogP contribution in [0.1, 0.15) is 43.6 Å². The van der Waals surface area contributed by atoms with Gasteiger partial charge in [-0.2, -0.15) is 5.10 Å². The van der Waals surface area contributed by atoms with Crippen LogP contribution in [-0.2, 0) is 9.47 Å². The fourth-order valence-corrected chi connectivity index (χ4v) is 4.81. The molecule has 1 unspecified atom stereocenters. The largest absolute Gasteiger partial charge is 0.404 e. The Morgan fingerprint density at radius 1 is 1.11 bits per heavy atom. The van der Waals surface area contributed by atoms with Crippen LogP contribution in [0.4, 0.5) is 10.5 Å². The van der Waals surface area contributed by atoms with Gasteiger partial charge in [-0.1, -0.05) is 18.6 Å². The van der Waals surface area contributed by atoms with Crippen LogP contribution in [0, 0.1) is 5.41 Å². The van der Waals surface area contributed by atoms with Crippen LogP contribution in [0.3, 0.4) is 0 Å². The van der Waals surface area contributed by atoms with Gasteiger partial charge in [-0.15, -0.1) is 0 Å². The molecule has 3 fully saturated rings. The molecule has 0 spiro atoms. The molecule has 194 valence electrons. The van der Waals surface area contributed by atoms with E-state index >= 15 is 0 Å². The molecule has 1 aromatic rings. The van der Waals surface area contributed by atoms with Crippen LogP contribution in [0.2, 0.25) is 0 Å². The molecule has 4 rings (SSSR count). The number of carbonyl (C=O) groups is 1. The summed E-state index contributed by atoms with van der Waals surface area (Å²) in [5.74, 6) is 0.908. The number of amides is 2. The number of likely N-dealkylation sites (tertiary alicyclic amines) is 1. The van der Waals surface area contributed by atoms with Gasteiger partial charge in [0.05, 0.1) is 26.3 Å². The summed E-state index contributed by atoms with van der Waals surface area (Å²) in [7, 11) is 0. The minimum atomic E-state index is -0.268. The van der Waals surface area contributed by atoms with Crippen molar-refractivity contribution in [3.63, 3.8) is 0 Å². The molecule has 0 radical (unpaired) electrons. The van der Waals surface area contributed by atoms with Crippen LogP contribution in [0.5, 0.6) is 0 Å². The van der Waals surface area contributed by atoms with Crippen molar-refractivity contribution in [1.82, 2.24) is 9.91 Å². The highest BCUT2D eigenvalue weighted by molar-refractivity contribution is 6.13. The van der Waals surface area contributed by atoms with Gasteiger partial charge in [0.25, 0.3) is 0 Å². The number of hydrazone groups is 1. The van der Waals surface area contributed by atoms with Gasteiger partial charge in [-0.25, -0.2) is 4.79 Å². The van der Waals surface area contributed by atoms with Gasteiger partial charge in [0.15, 0.2) is 5.84 Å². The summed E-state index contributed by atoms with van der Waals surface area (Å²) >= 11 is 0. The lowest BCUT2D eigenvalue weighted by atomic mass is 9.90. The lowest BCUT2D eigenvalue weighted by Gasteiger charge is -2.27. The first kappa shape index (κ1) is 25.7. The maximum atomic E-state index is 13.5. The number of morpholine rings is 1. The summed E-state index contributed by atoms with van der Waals surface area (Å²) in [5, 5.41) is 17.4. The molecule has 3 saturated heterocycles. The molecule has 0 aliphatic carbocycles. The number of ether oxygens (including phenoxy) is 2. The molecule has 0 aromatic heterocycles. The van der Waals surface area contributed by atoms with Gasteiger partial charge in [0, 0.05) is 54.7 Å². The van der Waals surface area contributed by atoms with E-state index in [1.54, 1.807) is 4.90 Å². The topological polar surface area (TPSA) is 142 Å². The van der Waals surface area contributed by atoms with E-state index in [1.165, 1.54) is 11.8 Å². The molecule has 36 heavy (non-hydrogen) atoms. The van der Waals surface area contributed by atoms with E-state index in [0.717, 1.165) is 50.8 Å². The van der Waals surface area contributed by atoms with E-state index in [4.69, 9.17) is 31.5 Å². The van der Waals surface area contributed by atoms with Crippen LogP contribution >= 0.6 is 0 Å². The maximum Gasteiger partial charge on any atom is 0.327 e. The number of allylic oxidation sites excluding steroid dienone is 1. The Hall–Kier alpha value is -3.37. The maximum absolute atomic E-state index is 13.5. The number of hydrogen-bond donors (Lipinski definition) is 4. The molecule has 3 heterocycles. The fraction of sp³-hybridized carbons (Fsp3) is 0.500. The Kier molecular flexibility index (Phi) is 8.96. The zero-order valence-electron chi connectivity index (χ0n) is 20.7. The van der Waals surface area contributed by atoms with E-state index < -0.39 is 0 Å². The predicted molar refractivity (Wildman–Crippen MR) is 141 cm³/mol. The first-order valence-electron chi connectivity index (χ1n) is 12.7. The van der Waals surface area contributed by atoms with Crippen LogP contribution < -0.4 is 16.8 Å². The third-order valence-electron chi connectivity index (χ3n) is 6.86. The third kappa shape index (κ3) is 6.24. The lowest BCUT2D eigenvalue weighted by Crippen LogP contribution is -2.40. The summed E-state index contributed by atoms with van der Waals surface area (Å²) in [5.41, 5.74) is 15.5. The summed E-state index contributed by atoms with van der Waals surface area (Å²) in [6.07, 6.45) is 7.28. The molecule has 3 aliphatic rings. The standard InChI is InChI=1S/C26H37N7O3/c27-17-21(18-28)24(29)23-7-9-33(25(23)31-32-10-14-36-15-11-32)26(34)30-22-6-3-5-20(16-22)19-4-1-2-12-35-13-8-19/h3,5-6,16-19,27H,1-2,4,7-15,28-29H2,(H,30,34). The number of carbonyl (C=O) groups excluding carboxylic acids is 1. The third-order valence-corrected chi connectivity index (χ3v) is 6.86. The molecule has 10 heteroatoms. The van der Waals surface area contributed by atoms with Crippen molar-refractivity contribution in [3.8, 4) is 0 Å². The Morgan fingerprint density at radius 2 is 1.92 bits per heavy atom. The van der Waals surface area contributed by atoms with Gasteiger partial charge in [-0.05, 0) is 49.3 Å². The van der Waals surface area contributed by atoms with Crippen LogP contribution in [0.15, 0.2) is 52.4 Å². The highest BCUT2D eigenvalue weighted by Crippen LogP contribution is 2.30. The summed E-state index contributed by atoms with van der Waals surface area (Å²) in [6.45, 7) is 4.45. The van der Waals surface area contributed by atoms with Crippen molar-refractivity contribution >= 4 is 23.8 Å². The highest BCUT2D eigenvalue weighted by Gasteiger charge is 2.33. The molecule has 3 aliphatic heterocycles. The van der Waals surface area contributed by atoms with Gasteiger partial charge in [0.2, 0.25) is 0 Å². The zero-order chi connectivity index (χ0) is 25.3. The molecule has 6 N–H and O–H groups in total. The van der Waals surface area contributed by atoms with Crippen molar-refractivity contribution in [3.05, 3.63) is 52.9 Å². The second-order valence-electron chi connectivity index (χ2n) is 9.20. The molecule has 10 nitrogen and oxygen atoms in total. The zero-order valence-corrected chi connectivity index (χ0v) is 20.7. The summed E-state index contributed by atoms with van der Waals surface area (Å²) in [4.78, 5) is 15.1. The van der Waals surface area contributed by atoms with E-state index in [1.807, 2.05) is 17.1 Å². The number of nitrogens with zero attached hydrogens (tertiary/aromatic N) is 3. The van der Waals surface area contributed by atoms with Gasteiger partial charge in [-0.3, -0.25) is 9.91 Å². The smallest absolute Gasteiger partial charge is 0.327 e. The number of hydrogen-bond acceptors (Lipinski definition) is 8. The summed E-state index contributed by atoms with van der Waals surface area (Å²) in [6, 6.07) is 7.82. The van der Waals surface area contributed by atoms with Crippen molar-refractivity contribution in [2.24, 2.45) is 16.6 Å². The molecular weight excluding hydrogens is 458 g/mol. The normalized spacial score (nSPS) is 24.3. The number of urea groups is 1. The Balaban J connectivity index is 1.56. The molecule has 0 bridgehead atoms. The molecule has 1 aromatic carbocycles. The number of nitrogens with one attached hydrogen (secondary N) is 2. The van der Waals surface area contributed by atoms with Crippen molar-refractivity contribution in [2.75, 3.05) is 51.4 Å². The van der Waals surface area contributed by atoms with Gasteiger partial charge < -0.3 is 31.7 Å². The SMILES string of the molecule is N=CC(=CN)C(N)=C1CCN(C(=O)Nc2cccc(C3CCCCOCC3)c2)C1=NN1CCOCC1. The second kappa shape index (κ2) is 12.5. The van der Waals surface area contributed by atoms with E-state index in [9.17, 15) is 4.79 Å². The minimum Gasteiger partial charge on any atom is -0.404 e. The monoisotopic (exact) mass is 495 g/mol. The number of benzene rings is 1. The van der Waals surface area contributed by atoms with Crippen LogP contribution in [-0.4, -0.2) is 74.1 Å². The number of nitrogens with two attached hydrogens (primary N) is 2. The Bertz CT molecular complexity index is 1020. The highest BCUT2D eigenvalue weighted by atomic mass is 16.5. The van der Waals surface area contributed by atoms with Crippen molar-refractivity contribution in [2.45, 2.75) is 38.0 Å². The molecule has 0 saturated carbocycles. The molecule has 1 atom stereocenters. The van der Waals surface area contributed by atoms with Crippen molar-refractivity contribution in [1.29, 1.82) is 5.41 Å². The first-order chi connectivity index (χ1) is 17.6. The number of anilines is 1. The molecular formula is C26H37N7O3. The fourth-order valence-electron chi connectivity index (χ4n) is 4.81. The van der Waals surface area contributed by atoms with Gasteiger partial charge >= 0.3 is 6.03 Å². The van der Waals surface area contributed by atoms with E-state index in [2.05, 4.69) is 17.4 Å². The average Bonchev–Trinajstić information content (AvgIpc) is 3.29. The van der Waals surface area contributed by atoms with E-state index in [0.29, 0.717) is 67.9 Å². The Morgan fingerprint density at radius 3 is 2.69 bits per heavy atom.